The number of hydrogen-bond acceptors (Lipinski definition) is 4. The Bertz CT molecular complexity index is 877. The van der Waals surface area contributed by atoms with Crippen molar-refractivity contribution in [3.63, 3.8) is 0 Å². The fourth-order valence-electron chi connectivity index (χ4n) is 3.68. The van der Waals surface area contributed by atoms with Crippen molar-refractivity contribution in [2.45, 2.75) is 13.8 Å². The van der Waals surface area contributed by atoms with Crippen LogP contribution in [0.2, 0.25) is 5.02 Å². The van der Waals surface area contributed by atoms with E-state index >= 15 is 0 Å². The lowest BCUT2D eigenvalue weighted by Crippen LogP contribution is -2.48. The zero-order chi connectivity index (χ0) is 21.5. The third-order valence-electron chi connectivity index (χ3n) is 5.38. The minimum absolute atomic E-state index is 0.0215. The summed E-state index contributed by atoms with van der Waals surface area (Å²) < 4.78 is 0. The summed E-state index contributed by atoms with van der Waals surface area (Å²) in [6.07, 6.45) is 0. The summed E-state index contributed by atoms with van der Waals surface area (Å²) in [5.41, 5.74) is 2.27. The van der Waals surface area contributed by atoms with Crippen molar-refractivity contribution in [3.8, 4) is 0 Å². The molecule has 0 radical (unpaired) electrons. The monoisotopic (exact) mass is 428 g/mol. The Kier molecular flexibility index (Phi) is 7.71. The normalized spacial score (nSPS) is 14.4. The first-order valence-corrected chi connectivity index (χ1v) is 10.8. The third-order valence-corrected chi connectivity index (χ3v) is 5.70. The lowest BCUT2D eigenvalue weighted by atomic mass is 10.1. The van der Waals surface area contributed by atoms with Crippen molar-refractivity contribution in [2.75, 3.05) is 56.0 Å². The minimum Gasteiger partial charge on any atom is -0.368 e. The lowest BCUT2D eigenvalue weighted by Gasteiger charge is -2.36. The van der Waals surface area contributed by atoms with Gasteiger partial charge in [0.05, 0.1) is 17.3 Å². The summed E-state index contributed by atoms with van der Waals surface area (Å²) in [6, 6.07) is 15.0. The van der Waals surface area contributed by atoms with Crippen LogP contribution in [-0.4, -0.2) is 67.4 Å². The molecule has 2 aromatic carbocycles. The van der Waals surface area contributed by atoms with Gasteiger partial charge in [-0.3, -0.25) is 14.5 Å². The van der Waals surface area contributed by atoms with Crippen molar-refractivity contribution in [1.82, 2.24) is 9.80 Å². The van der Waals surface area contributed by atoms with Gasteiger partial charge in [-0.2, -0.15) is 0 Å². The van der Waals surface area contributed by atoms with Crippen molar-refractivity contribution < 1.29 is 9.59 Å². The molecule has 1 aliphatic heterocycles. The molecule has 2 amide bonds. The number of rotatable bonds is 7. The Morgan fingerprint density at radius 2 is 1.70 bits per heavy atom. The maximum Gasteiger partial charge on any atom is 0.253 e. The molecule has 6 nitrogen and oxygen atoms in total. The standard InChI is InChI=1S/C23H29ClN4O2/c1-3-27(4-2)23(30)18-8-7-9-19(16-18)25-22(29)17-26-12-14-28(15-13-26)21-11-6-5-10-20(21)24/h5-11,16H,3-4,12-15,17H2,1-2H3,(H,25,29). The molecule has 1 saturated heterocycles. The highest BCUT2D eigenvalue weighted by Gasteiger charge is 2.20. The Labute approximate surface area is 183 Å². The molecule has 1 aliphatic rings. The first-order valence-electron chi connectivity index (χ1n) is 10.4. The summed E-state index contributed by atoms with van der Waals surface area (Å²) in [5, 5.41) is 3.68. The van der Waals surface area contributed by atoms with Gasteiger partial charge in [-0.15, -0.1) is 0 Å². The number of halogens is 1. The molecule has 0 aromatic heterocycles. The van der Waals surface area contributed by atoms with Crippen LogP contribution in [0.25, 0.3) is 0 Å². The highest BCUT2D eigenvalue weighted by Crippen LogP contribution is 2.26. The summed E-state index contributed by atoms with van der Waals surface area (Å²) in [5.74, 6) is -0.0968. The number of benzene rings is 2. The summed E-state index contributed by atoms with van der Waals surface area (Å²) >= 11 is 6.30. The molecule has 0 unspecified atom stereocenters. The Balaban J connectivity index is 1.52. The van der Waals surface area contributed by atoms with Crippen LogP contribution in [0.1, 0.15) is 24.2 Å². The topological polar surface area (TPSA) is 55.9 Å². The second-order valence-corrected chi connectivity index (χ2v) is 7.73. The Hall–Kier alpha value is -2.57. The fraction of sp³-hybridized carbons (Fsp3) is 0.391. The molecule has 30 heavy (non-hydrogen) atoms. The highest BCUT2D eigenvalue weighted by molar-refractivity contribution is 6.33. The van der Waals surface area contributed by atoms with Crippen molar-refractivity contribution in [1.29, 1.82) is 0 Å². The molecule has 1 N–H and O–H groups in total. The predicted octanol–water partition coefficient (Wildman–Crippen LogP) is 3.58. The molecule has 2 aromatic rings. The van der Waals surface area contributed by atoms with E-state index in [1.165, 1.54) is 0 Å². The van der Waals surface area contributed by atoms with Gasteiger partial charge in [-0.1, -0.05) is 29.8 Å². The highest BCUT2D eigenvalue weighted by atomic mass is 35.5. The largest absolute Gasteiger partial charge is 0.368 e. The summed E-state index contributed by atoms with van der Waals surface area (Å²) in [7, 11) is 0. The number of nitrogens with one attached hydrogen (secondary N) is 1. The van der Waals surface area contributed by atoms with Gasteiger partial charge in [0.2, 0.25) is 5.91 Å². The van der Waals surface area contributed by atoms with E-state index in [1.54, 1.807) is 23.1 Å². The number of carbonyl (C=O) groups excluding carboxylic acids is 2. The Morgan fingerprint density at radius 3 is 2.37 bits per heavy atom. The molecule has 3 rings (SSSR count). The van der Waals surface area contributed by atoms with Crippen LogP contribution in [0.15, 0.2) is 48.5 Å². The van der Waals surface area contributed by atoms with Crippen LogP contribution in [0.3, 0.4) is 0 Å². The third kappa shape index (κ3) is 5.52. The first kappa shape index (κ1) is 22.1. The van der Waals surface area contributed by atoms with Gasteiger partial charge in [0.15, 0.2) is 0 Å². The van der Waals surface area contributed by atoms with Crippen LogP contribution in [0.4, 0.5) is 11.4 Å². The van der Waals surface area contributed by atoms with Crippen molar-refractivity contribution in [3.05, 3.63) is 59.1 Å². The van der Waals surface area contributed by atoms with Crippen LogP contribution in [0.5, 0.6) is 0 Å². The summed E-state index contributed by atoms with van der Waals surface area (Å²) in [6.45, 7) is 8.79. The van der Waals surface area contributed by atoms with Crippen LogP contribution in [-0.2, 0) is 4.79 Å². The number of carbonyl (C=O) groups is 2. The quantitative estimate of drug-likeness (QED) is 0.732. The number of hydrogen-bond donors (Lipinski definition) is 1. The van der Waals surface area contributed by atoms with E-state index in [0.717, 1.165) is 36.9 Å². The smallest absolute Gasteiger partial charge is 0.253 e. The number of piperazine rings is 1. The average molecular weight is 429 g/mol. The van der Waals surface area contributed by atoms with Crippen molar-refractivity contribution in [2.24, 2.45) is 0 Å². The van der Waals surface area contributed by atoms with Gasteiger partial charge in [0.25, 0.3) is 5.91 Å². The van der Waals surface area contributed by atoms with E-state index < -0.39 is 0 Å². The minimum atomic E-state index is -0.0753. The van der Waals surface area contributed by atoms with Gasteiger partial charge in [0.1, 0.15) is 0 Å². The molecular formula is C23H29ClN4O2. The molecule has 160 valence electrons. The predicted molar refractivity (Wildman–Crippen MR) is 122 cm³/mol. The van der Waals surface area contributed by atoms with Gasteiger partial charge >= 0.3 is 0 Å². The maximum absolute atomic E-state index is 12.5. The van der Waals surface area contributed by atoms with Gasteiger partial charge in [-0.05, 0) is 44.2 Å². The van der Waals surface area contributed by atoms with E-state index in [-0.39, 0.29) is 11.8 Å². The SMILES string of the molecule is CCN(CC)C(=O)c1cccc(NC(=O)CN2CCN(c3ccccc3Cl)CC2)c1. The number of nitrogens with zero attached hydrogens (tertiary/aromatic N) is 3. The van der Waals surface area contributed by atoms with Crippen LogP contribution < -0.4 is 10.2 Å². The Morgan fingerprint density at radius 1 is 1.00 bits per heavy atom. The van der Waals surface area contributed by atoms with Crippen LogP contribution >= 0.6 is 11.6 Å². The number of amides is 2. The molecule has 0 bridgehead atoms. The van der Waals surface area contributed by atoms with E-state index in [1.807, 2.05) is 44.2 Å². The van der Waals surface area contributed by atoms with E-state index in [0.29, 0.717) is 30.9 Å². The molecule has 7 heteroatoms. The van der Waals surface area contributed by atoms with E-state index in [9.17, 15) is 9.59 Å². The van der Waals surface area contributed by atoms with Gasteiger partial charge in [0, 0.05) is 50.5 Å². The second kappa shape index (κ2) is 10.5. The molecule has 0 atom stereocenters. The van der Waals surface area contributed by atoms with E-state index in [2.05, 4.69) is 15.1 Å². The second-order valence-electron chi connectivity index (χ2n) is 7.32. The lowest BCUT2D eigenvalue weighted by molar-refractivity contribution is -0.117. The average Bonchev–Trinajstić information content (AvgIpc) is 2.75. The van der Waals surface area contributed by atoms with Gasteiger partial charge < -0.3 is 15.1 Å². The van der Waals surface area contributed by atoms with E-state index in [4.69, 9.17) is 11.6 Å². The molecule has 0 spiro atoms. The number of para-hydroxylation sites is 1. The molecule has 1 fully saturated rings. The molecular weight excluding hydrogens is 400 g/mol. The number of anilines is 2. The van der Waals surface area contributed by atoms with Gasteiger partial charge in [-0.25, -0.2) is 0 Å². The zero-order valence-electron chi connectivity index (χ0n) is 17.6. The fourth-order valence-corrected chi connectivity index (χ4v) is 3.94. The molecule has 1 heterocycles. The van der Waals surface area contributed by atoms with Crippen LogP contribution in [0, 0.1) is 0 Å². The van der Waals surface area contributed by atoms with Crippen molar-refractivity contribution >= 4 is 34.8 Å². The maximum atomic E-state index is 12.5. The zero-order valence-corrected chi connectivity index (χ0v) is 18.4. The first-order chi connectivity index (χ1) is 14.5. The molecule has 0 saturated carbocycles. The summed E-state index contributed by atoms with van der Waals surface area (Å²) in [4.78, 5) is 31.2. The molecule has 0 aliphatic carbocycles.